The number of amides is 2. The number of rotatable bonds is 9. The predicted molar refractivity (Wildman–Crippen MR) is 125 cm³/mol. The van der Waals surface area contributed by atoms with Crippen molar-refractivity contribution in [3.05, 3.63) is 59.7 Å². The number of fused-ring (bicyclic) bond motifs is 3. The van der Waals surface area contributed by atoms with Crippen molar-refractivity contribution in [3.63, 3.8) is 0 Å². The second kappa shape index (κ2) is 10.7. The third-order valence-electron chi connectivity index (χ3n) is 6.53. The lowest BCUT2D eigenvalue weighted by Crippen LogP contribution is -2.48. The van der Waals surface area contributed by atoms with E-state index in [4.69, 9.17) is 14.6 Å². The van der Waals surface area contributed by atoms with Crippen molar-refractivity contribution in [1.82, 2.24) is 10.6 Å². The van der Waals surface area contributed by atoms with Crippen molar-refractivity contribution in [2.75, 3.05) is 19.8 Å². The van der Waals surface area contributed by atoms with Crippen LogP contribution in [0.1, 0.15) is 43.2 Å². The molecule has 0 aromatic heterocycles. The summed E-state index contributed by atoms with van der Waals surface area (Å²) in [5, 5.41) is 14.5. The second-order valence-corrected chi connectivity index (χ2v) is 8.83. The topological polar surface area (TPSA) is 114 Å². The number of carboxylic acid groups (broad SMARTS) is 1. The number of aliphatic carboxylic acids is 1. The smallest absolute Gasteiger partial charge is 0.407 e. The number of carbonyl (C=O) groups excluding carboxylic acids is 2. The van der Waals surface area contributed by atoms with E-state index in [2.05, 4.69) is 34.9 Å². The highest BCUT2D eigenvalue weighted by atomic mass is 16.6. The van der Waals surface area contributed by atoms with Gasteiger partial charge < -0.3 is 25.2 Å². The van der Waals surface area contributed by atoms with Gasteiger partial charge in [-0.2, -0.15) is 0 Å². The molecule has 0 spiro atoms. The lowest BCUT2D eigenvalue weighted by Gasteiger charge is -2.20. The van der Waals surface area contributed by atoms with E-state index >= 15 is 0 Å². The molecule has 2 amide bonds. The van der Waals surface area contributed by atoms with Crippen molar-refractivity contribution >= 4 is 18.0 Å². The minimum Gasteiger partial charge on any atom is -0.481 e. The first-order valence-corrected chi connectivity index (χ1v) is 11.7. The summed E-state index contributed by atoms with van der Waals surface area (Å²) < 4.78 is 11.1. The van der Waals surface area contributed by atoms with Crippen molar-refractivity contribution in [2.45, 2.75) is 44.2 Å². The minimum absolute atomic E-state index is 0.0368. The van der Waals surface area contributed by atoms with Gasteiger partial charge in [-0.05, 0) is 41.5 Å². The van der Waals surface area contributed by atoms with Crippen LogP contribution in [0.5, 0.6) is 0 Å². The van der Waals surface area contributed by atoms with Gasteiger partial charge in [0, 0.05) is 19.1 Å². The normalized spacial score (nSPS) is 19.7. The van der Waals surface area contributed by atoms with E-state index in [1.807, 2.05) is 24.3 Å². The lowest BCUT2D eigenvalue weighted by molar-refractivity contribution is -0.141. The number of ether oxygens (including phenoxy) is 2. The van der Waals surface area contributed by atoms with Crippen LogP contribution in [-0.2, 0) is 19.1 Å². The first-order valence-electron chi connectivity index (χ1n) is 11.7. The van der Waals surface area contributed by atoms with Gasteiger partial charge in [0.1, 0.15) is 6.61 Å². The Bertz CT molecular complexity index is 1010. The monoisotopic (exact) mass is 466 g/mol. The Balaban J connectivity index is 1.28. The average molecular weight is 467 g/mol. The quantitative estimate of drug-likeness (QED) is 0.489. The molecule has 34 heavy (non-hydrogen) atoms. The maximum atomic E-state index is 12.6. The van der Waals surface area contributed by atoms with E-state index in [-0.39, 0.29) is 18.4 Å². The molecule has 2 aromatic carbocycles. The largest absolute Gasteiger partial charge is 0.481 e. The van der Waals surface area contributed by atoms with Gasteiger partial charge in [0.2, 0.25) is 0 Å². The molecular formula is C26H30N2O6. The van der Waals surface area contributed by atoms with Crippen molar-refractivity contribution < 1.29 is 29.0 Å². The molecule has 8 heteroatoms. The third kappa shape index (κ3) is 5.22. The number of alkyl carbamates (subject to hydrolysis) is 1. The molecule has 1 aliphatic carbocycles. The van der Waals surface area contributed by atoms with Crippen LogP contribution in [0, 0.1) is 5.92 Å². The molecule has 1 fully saturated rings. The zero-order valence-electron chi connectivity index (χ0n) is 19.2. The Labute approximate surface area is 198 Å². The van der Waals surface area contributed by atoms with E-state index in [1.165, 1.54) is 0 Å². The molecule has 2 aromatic rings. The number of nitrogens with one attached hydrogen (secondary N) is 2. The Hall–Kier alpha value is -3.39. The van der Waals surface area contributed by atoms with Gasteiger partial charge in [-0.1, -0.05) is 55.5 Å². The van der Waals surface area contributed by atoms with E-state index in [0.717, 1.165) is 22.3 Å². The average Bonchev–Trinajstić information content (AvgIpc) is 3.42. The fourth-order valence-electron chi connectivity index (χ4n) is 4.63. The van der Waals surface area contributed by atoms with E-state index in [0.29, 0.717) is 32.4 Å². The van der Waals surface area contributed by atoms with Crippen molar-refractivity contribution in [3.8, 4) is 11.1 Å². The molecule has 2 aliphatic rings. The summed E-state index contributed by atoms with van der Waals surface area (Å²) in [6.07, 6.45) is 0.167. The maximum absolute atomic E-state index is 12.6. The molecule has 3 N–H and O–H groups in total. The Morgan fingerprint density at radius 1 is 1.09 bits per heavy atom. The number of hydrogen-bond acceptors (Lipinski definition) is 5. The van der Waals surface area contributed by atoms with Crippen LogP contribution in [0.25, 0.3) is 11.1 Å². The first-order chi connectivity index (χ1) is 16.5. The molecule has 4 rings (SSSR count). The first kappa shape index (κ1) is 23.8. The SMILES string of the molecule is CC(CCCNC(=O)C1OCCC1NC(=O)OCC1c2ccccc2-c2ccccc21)C(=O)O. The van der Waals surface area contributed by atoms with Crippen molar-refractivity contribution in [2.24, 2.45) is 5.92 Å². The summed E-state index contributed by atoms with van der Waals surface area (Å²) in [4.78, 5) is 36.0. The van der Waals surface area contributed by atoms with Crippen LogP contribution < -0.4 is 10.6 Å². The highest BCUT2D eigenvalue weighted by Crippen LogP contribution is 2.44. The maximum Gasteiger partial charge on any atom is 0.407 e. The van der Waals surface area contributed by atoms with E-state index in [1.54, 1.807) is 6.92 Å². The lowest BCUT2D eigenvalue weighted by atomic mass is 9.98. The zero-order valence-corrected chi connectivity index (χ0v) is 19.2. The van der Waals surface area contributed by atoms with Gasteiger partial charge in [-0.25, -0.2) is 4.79 Å². The molecule has 3 atom stereocenters. The summed E-state index contributed by atoms with van der Waals surface area (Å²) in [7, 11) is 0. The second-order valence-electron chi connectivity index (χ2n) is 8.83. The number of carboxylic acids is 1. The summed E-state index contributed by atoms with van der Waals surface area (Å²) >= 11 is 0. The summed E-state index contributed by atoms with van der Waals surface area (Å²) in [5.41, 5.74) is 4.59. The van der Waals surface area contributed by atoms with Gasteiger partial charge in [0.25, 0.3) is 5.91 Å². The van der Waals surface area contributed by atoms with Crippen LogP contribution in [0.4, 0.5) is 4.79 Å². The zero-order chi connectivity index (χ0) is 24.1. The fraction of sp³-hybridized carbons (Fsp3) is 0.423. The van der Waals surface area contributed by atoms with Crippen LogP contribution in [0.3, 0.4) is 0 Å². The summed E-state index contributed by atoms with van der Waals surface area (Å²) in [6.45, 7) is 2.56. The van der Waals surface area contributed by atoms with Crippen LogP contribution in [0.2, 0.25) is 0 Å². The van der Waals surface area contributed by atoms with Crippen LogP contribution >= 0.6 is 0 Å². The molecule has 0 radical (unpaired) electrons. The molecule has 180 valence electrons. The molecular weight excluding hydrogens is 436 g/mol. The fourth-order valence-corrected chi connectivity index (χ4v) is 4.63. The highest BCUT2D eigenvalue weighted by molar-refractivity contribution is 5.83. The molecule has 1 aliphatic heterocycles. The standard InChI is InChI=1S/C26H30N2O6/c1-16(25(30)31)7-6-13-27-24(29)23-22(12-14-33-23)28-26(32)34-15-21-19-10-4-2-8-17(19)18-9-3-5-11-20(18)21/h2-5,8-11,16,21-23H,6-7,12-15H2,1H3,(H,27,29)(H,28,32)(H,30,31). The molecule has 0 saturated carbocycles. The third-order valence-corrected chi connectivity index (χ3v) is 6.53. The number of hydrogen-bond donors (Lipinski definition) is 3. The van der Waals surface area contributed by atoms with Crippen molar-refractivity contribution in [1.29, 1.82) is 0 Å². The Kier molecular flexibility index (Phi) is 7.47. The molecule has 0 bridgehead atoms. The van der Waals surface area contributed by atoms with Crippen LogP contribution in [0.15, 0.2) is 48.5 Å². The minimum atomic E-state index is -0.849. The van der Waals surface area contributed by atoms with Crippen LogP contribution in [-0.4, -0.2) is 55.0 Å². The molecule has 3 unspecified atom stereocenters. The van der Waals surface area contributed by atoms with Gasteiger partial charge >= 0.3 is 12.1 Å². The van der Waals surface area contributed by atoms with E-state index in [9.17, 15) is 14.4 Å². The summed E-state index contributed by atoms with van der Waals surface area (Å²) in [6, 6.07) is 15.8. The number of carbonyl (C=O) groups is 3. The highest BCUT2D eigenvalue weighted by Gasteiger charge is 2.36. The van der Waals surface area contributed by atoms with Gasteiger partial charge in [0.05, 0.1) is 12.0 Å². The van der Waals surface area contributed by atoms with E-state index < -0.39 is 30.1 Å². The molecule has 8 nitrogen and oxygen atoms in total. The van der Waals surface area contributed by atoms with Gasteiger partial charge in [-0.15, -0.1) is 0 Å². The number of benzene rings is 2. The Morgan fingerprint density at radius 3 is 2.38 bits per heavy atom. The summed E-state index contributed by atoms with van der Waals surface area (Å²) in [5.74, 6) is -1.66. The predicted octanol–water partition coefficient (Wildman–Crippen LogP) is 3.30. The molecule has 1 saturated heterocycles. The van der Waals surface area contributed by atoms with Gasteiger partial charge in [-0.3, -0.25) is 9.59 Å². The Morgan fingerprint density at radius 2 is 1.74 bits per heavy atom. The van der Waals surface area contributed by atoms with Gasteiger partial charge in [0.15, 0.2) is 6.10 Å². The molecule has 1 heterocycles.